The molecule has 3 unspecified atom stereocenters. The van der Waals surface area contributed by atoms with Crippen molar-refractivity contribution < 1.29 is 44.7 Å². The molecule has 0 saturated heterocycles. The van der Waals surface area contributed by atoms with Crippen LogP contribution in [0.25, 0.3) is 0 Å². The van der Waals surface area contributed by atoms with Crippen molar-refractivity contribution in [2.75, 3.05) is 26.0 Å². The third-order valence-corrected chi connectivity index (χ3v) is 9.22. The van der Waals surface area contributed by atoms with Crippen molar-refractivity contribution in [1.29, 1.82) is 0 Å². The fraction of sp³-hybridized carbons (Fsp3) is 0.394. The van der Waals surface area contributed by atoms with Gasteiger partial charge in [0.1, 0.15) is 28.9 Å². The summed E-state index contributed by atoms with van der Waals surface area (Å²) in [5.41, 5.74) is 2.17. The van der Waals surface area contributed by atoms with Crippen LogP contribution >= 0.6 is 0 Å². The standard InChI is InChI=1S/C33H38N4O9/c1-4-5-12-35-24(15-6-9-18(38)10-7-15)32(45)36-20-11-8-16-13-17-14-19-25(37(2)3)28(41)23(31(34)44)30(43)33(19,46)29(42)22(17)27(40)21(16)26(20)39/h6-11,17,19,24-25,35,38-39,41-42,46H,4-5,12-14H2,1-3H3,(H2,34,44)(H,36,45)/t17?,19?,24?,25-,33-/m0/s1. The van der Waals surface area contributed by atoms with E-state index in [1.165, 1.54) is 23.1 Å². The number of allylic oxidation sites excluding steroid dienone is 1. The molecule has 2 aromatic rings. The highest BCUT2D eigenvalue weighted by atomic mass is 16.3. The molecule has 0 bridgehead atoms. The lowest BCUT2D eigenvalue weighted by Crippen LogP contribution is -2.63. The number of aromatic hydroxyl groups is 2. The van der Waals surface area contributed by atoms with Gasteiger partial charge in [0, 0.05) is 11.5 Å². The van der Waals surface area contributed by atoms with Gasteiger partial charge in [0.2, 0.25) is 11.7 Å². The number of anilines is 1. The number of hydrogen-bond donors (Lipinski definition) is 8. The Morgan fingerprint density at radius 2 is 1.74 bits per heavy atom. The number of carbonyl (C=O) groups is 4. The molecule has 46 heavy (non-hydrogen) atoms. The molecule has 0 radical (unpaired) electrons. The highest BCUT2D eigenvalue weighted by Crippen LogP contribution is 2.52. The quantitative estimate of drug-likeness (QED) is 0.113. The summed E-state index contributed by atoms with van der Waals surface area (Å²) in [6, 6.07) is 7.20. The Kier molecular flexibility index (Phi) is 8.69. The lowest BCUT2D eigenvalue weighted by atomic mass is 9.58. The second kappa shape index (κ2) is 12.2. The smallest absolute Gasteiger partial charge is 0.255 e. The van der Waals surface area contributed by atoms with Crippen LogP contribution in [0.4, 0.5) is 5.69 Å². The Morgan fingerprint density at radius 1 is 1.07 bits per heavy atom. The van der Waals surface area contributed by atoms with Gasteiger partial charge in [-0.2, -0.15) is 0 Å². The second-order valence-corrected chi connectivity index (χ2v) is 12.3. The zero-order chi connectivity index (χ0) is 33.7. The summed E-state index contributed by atoms with van der Waals surface area (Å²) < 4.78 is 0. The Labute approximate surface area is 265 Å². The number of amides is 2. The summed E-state index contributed by atoms with van der Waals surface area (Å²) >= 11 is 0. The number of nitrogens with two attached hydrogens (primary N) is 1. The maximum absolute atomic E-state index is 14.0. The predicted molar refractivity (Wildman–Crippen MR) is 166 cm³/mol. The van der Waals surface area contributed by atoms with E-state index in [9.17, 15) is 44.7 Å². The van der Waals surface area contributed by atoms with Gasteiger partial charge in [0.15, 0.2) is 17.1 Å². The molecule has 13 nitrogen and oxygen atoms in total. The van der Waals surface area contributed by atoms with Crippen molar-refractivity contribution in [2.45, 2.75) is 50.3 Å². The van der Waals surface area contributed by atoms with Crippen LogP contribution in [-0.2, 0) is 20.8 Å². The molecule has 5 rings (SSSR count). The van der Waals surface area contributed by atoms with Gasteiger partial charge in [0.05, 0.1) is 17.3 Å². The summed E-state index contributed by atoms with van der Waals surface area (Å²) in [6.07, 6.45) is 1.78. The number of nitrogens with zero attached hydrogens (tertiary/aromatic N) is 1. The maximum atomic E-state index is 14.0. The van der Waals surface area contributed by atoms with Crippen LogP contribution in [0.1, 0.15) is 53.7 Å². The molecule has 0 spiro atoms. The zero-order valence-electron chi connectivity index (χ0n) is 25.7. The molecule has 3 aliphatic carbocycles. The number of phenolic OH excluding ortho intramolecular Hbond substituents is 2. The Hall–Kier alpha value is -4.72. The number of ketones is 2. The number of unbranched alkanes of at least 4 members (excludes halogenated alkanes) is 1. The van der Waals surface area contributed by atoms with E-state index in [0.29, 0.717) is 17.7 Å². The van der Waals surface area contributed by atoms with Gasteiger partial charge < -0.3 is 41.9 Å². The first-order chi connectivity index (χ1) is 21.7. The number of aliphatic hydroxyl groups is 3. The van der Waals surface area contributed by atoms with Crippen molar-refractivity contribution in [3.05, 3.63) is 75.8 Å². The molecular weight excluding hydrogens is 596 g/mol. The fourth-order valence-corrected chi connectivity index (χ4v) is 6.98. The number of rotatable bonds is 9. The van der Waals surface area contributed by atoms with Crippen LogP contribution < -0.4 is 16.4 Å². The van der Waals surface area contributed by atoms with Gasteiger partial charge >= 0.3 is 0 Å². The van der Waals surface area contributed by atoms with E-state index in [1.807, 2.05) is 6.92 Å². The molecule has 2 aromatic carbocycles. The molecule has 0 heterocycles. The van der Waals surface area contributed by atoms with Gasteiger partial charge in [-0.05, 0) is 75.1 Å². The summed E-state index contributed by atoms with van der Waals surface area (Å²) in [4.78, 5) is 54.6. The van der Waals surface area contributed by atoms with E-state index in [2.05, 4.69) is 10.6 Å². The van der Waals surface area contributed by atoms with Crippen LogP contribution in [0.5, 0.6) is 11.5 Å². The van der Waals surface area contributed by atoms with E-state index in [0.717, 1.165) is 12.8 Å². The van der Waals surface area contributed by atoms with Crippen LogP contribution in [0, 0.1) is 11.8 Å². The number of nitrogens with one attached hydrogen (secondary N) is 2. The number of carbonyl (C=O) groups excluding carboxylic acids is 4. The Balaban J connectivity index is 1.52. The number of fused-ring (bicyclic) bond motifs is 3. The van der Waals surface area contributed by atoms with Crippen molar-refractivity contribution in [1.82, 2.24) is 10.2 Å². The first-order valence-electron chi connectivity index (χ1n) is 15.1. The van der Waals surface area contributed by atoms with Crippen LogP contribution in [0.15, 0.2) is 59.1 Å². The lowest BCUT2D eigenvalue weighted by molar-refractivity contribution is -0.148. The average Bonchev–Trinajstić information content (AvgIpc) is 2.99. The summed E-state index contributed by atoms with van der Waals surface area (Å²) in [5.74, 6) is -7.95. The van der Waals surface area contributed by atoms with Crippen molar-refractivity contribution in [2.24, 2.45) is 17.6 Å². The average molecular weight is 635 g/mol. The van der Waals surface area contributed by atoms with Crippen molar-refractivity contribution >= 4 is 29.1 Å². The minimum atomic E-state index is -2.74. The second-order valence-electron chi connectivity index (χ2n) is 12.3. The molecule has 0 fully saturated rings. The van der Waals surface area contributed by atoms with Gasteiger partial charge in [0.25, 0.3) is 5.91 Å². The minimum absolute atomic E-state index is 0.0250. The van der Waals surface area contributed by atoms with Gasteiger partial charge in [-0.1, -0.05) is 31.5 Å². The first kappa shape index (κ1) is 32.7. The molecule has 244 valence electrons. The third-order valence-electron chi connectivity index (χ3n) is 9.22. The Bertz CT molecular complexity index is 1680. The number of Topliss-reactive ketones (excluding diaryl/α,β-unsaturated/α-hetero) is 2. The van der Waals surface area contributed by atoms with Crippen molar-refractivity contribution in [3.8, 4) is 11.5 Å². The summed E-state index contributed by atoms with van der Waals surface area (Å²) in [5, 5.41) is 61.0. The predicted octanol–water partition coefficient (Wildman–Crippen LogP) is 1.90. The lowest BCUT2D eigenvalue weighted by Gasteiger charge is -2.50. The van der Waals surface area contributed by atoms with E-state index >= 15 is 0 Å². The normalized spacial score (nSPS) is 24.8. The number of benzene rings is 2. The molecule has 13 heteroatoms. The molecule has 9 N–H and O–H groups in total. The summed E-state index contributed by atoms with van der Waals surface area (Å²) in [7, 11) is 3.12. The topological polar surface area (TPSA) is 223 Å². The number of phenols is 2. The number of likely N-dealkylation sites (N-methyl/N-ethyl adjacent to an activating group) is 1. The summed E-state index contributed by atoms with van der Waals surface area (Å²) in [6.45, 7) is 2.52. The highest BCUT2D eigenvalue weighted by Gasteiger charge is 2.63. The fourth-order valence-electron chi connectivity index (χ4n) is 6.98. The van der Waals surface area contributed by atoms with Gasteiger partial charge in [-0.15, -0.1) is 0 Å². The molecule has 0 saturated carbocycles. The van der Waals surface area contributed by atoms with Crippen molar-refractivity contribution in [3.63, 3.8) is 0 Å². The third kappa shape index (κ3) is 5.19. The van der Waals surface area contributed by atoms with E-state index in [4.69, 9.17) is 5.73 Å². The van der Waals surface area contributed by atoms with Gasteiger partial charge in [-0.3, -0.25) is 24.1 Å². The monoisotopic (exact) mass is 634 g/mol. The maximum Gasteiger partial charge on any atom is 0.255 e. The molecule has 2 amide bonds. The molecule has 0 aliphatic heterocycles. The number of aliphatic hydroxyl groups excluding tert-OH is 2. The minimum Gasteiger partial charge on any atom is -0.510 e. The van der Waals surface area contributed by atoms with Crippen LogP contribution in [0.2, 0.25) is 0 Å². The largest absolute Gasteiger partial charge is 0.510 e. The van der Waals surface area contributed by atoms with Gasteiger partial charge in [-0.25, -0.2) is 0 Å². The first-order valence-corrected chi connectivity index (χ1v) is 15.1. The highest BCUT2D eigenvalue weighted by molar-refractivity contribution is 6.25. The molecule has 3 aliphatic rings. The molecule has 0 aromatic heterocycles. The van der Waals surface area contributed by atoms with E-state index in [-0.39, 0.29) is 35.4 Å². The Morgan fingerprint density at radius 3 is 2.35 bits per heavy atom. The van der Waals surface area contributed by atoms with Crippen LogP contribution in [0.3, 0.4) is 0 Å². The number of primary amides is 1. The zero-order valence-corrected chi connectivity index (χ0v) is 25.7. The van der Waals surface area contributed by atoms with E-state index in [1.54, 1.807) is 32.3 Å². The van der Waals surface area contributed by atoms with Crippen LogP contribution in [-0.4, -0.2) is 86.1 Å². The number of hydrogen-bond acceptors (Lipinski definition) is 11. The molecule has 5 atom stereocenters. The molecular formula is C33H38N4O9. The van der Waals surface area contributed by atoms with E-state index < -0.39 is 75.7 Å². The SMILES string of the molecule is CCCCNC(C(=O)Nc1ccc2c(c1O)C(=O)C1=C(O)[C@]3(O)C(=O)C(C(N)=O)=C(O)[C@@H](N(C)C)C3CC1C2)c1ccc(O)cc1.